The number of phenolic OH excluding ortho intramolecular Hbond substituents is 1. The second kappa shape index (κ2) is 4.93. The third-order valence-corrected chi connectivity index (χ3v) is 3.97. The topological polar surface area (TPSA) is 86.6 Å². The molecule has 2 rings (SSSR count). The maximum Gasteiger partial charge on any atom is 0.240 e. The van der Waals surface area contributed by atoms with Crippen LogP contribution in [0.3, 0.4) is 0 Å². The Bertz CT molecular complexity index is 667. The van der Waals surface area contributed by atoms with Crippen LogP contribution in [0.4, 0.5) is 0 Å². The molecule has 0 radical (unpaired) electrons. The van der Waals surface area contributed by atoms with Gasteiger partial charge in [0.2, 0.25) is 10.0 Å². The Morgan fingerprint density at radius 1 is 1.17 bits per heavy atom. The number of benzene rings is 2. The van der Waals surface area contributed by atoms with Gasteiger partial charge in [-0.05, 0) is 11.5 Å². The highest BCUT2D eigenvalue weighted by molar-refractivity contribution is 7.89. The number of sulfonamides is 1. The van der Waals surface area contributed by atoms with E-state index in [4.69, 9.17) is 5.11 Å². The molecule has 0 aliphatic carbocycles. The molecule has 3 N–H and O–H groups in total. The molecule has 0 saturated carbocycles. The Hall–Kier alpha value is -1.63. The summed E-state index contributed by atoms with van der Waals surface area (Å²) >= 11 is 0. The smallest absolute Gasteiger partial charge is 0.240 e. The monoisotopic (exact) mass is 267 g/mol. The van der Waals surface area contributed by atoms with Gasteiger partial charge >= 0.3 is 0 Å². The summed E-state index contributed by atoms with van der Waals surface area (Å²) in [7, 11) is -3.71. The van der Waals surface area contributed by atoms with Gasteiger partial charge in [0, 0.05) is 18.0 Å². The van der Waals surface area contributed by atoms with Gasteiger partial charge in [-0.2, -0.15) is 0 Å². The number of rotatable bonds is 4. The van der Waals surface area contributed by atoms with Crippen LogP contribution in [-0.4, -0.2) is 31.8 Å². The van der Waals surface area contributed by atoms with Crippen molar-refractivity contribution in [1.82, 2.24) is 4.72 Å². The molecule has 0 fully saturated rings. The molecule has 0 aromatic heterocycles. The lowest BCUT2D eigenvalue weighted by molar-refractivity contribution is 0.301. The molecule has 0 bridgehead atoms. The normalized spacial score (nSPS) is 11.8. The van der Waals surface area contributed by atoms with Gasteiger partial charge in [-0.3, -0.25) is 0 Å². The third-order valence-electron chi connectivity index (χ3n) is 2.53. The van der Waals surface area contributed by atoms with Crippen LogP contribution in [-0.2, 0) is 10.0 Å². The van der Waals surface area contributed by atoms with Crippen molar-refractivity contribution in [2.45, 2.75) is 4.90 Å². The first-order chi connectivity index (χ1) is 8.54. The van der Waals surface area contributed by atoms with E-state index in [2.05, 4.69) is 4.72 Å². The van der Waals surface area contributed by atoms with Crippen molar-refractivity contribution in [2.75, 3.05) is 13.2 Å². The van der Waals surface area contributed by atoms with Crippen molar-refractivity contribution < 1.29 is 18.6 Å². The first-order valence-electron chi connectivity index (χ1n) is 5.37. The van der Waals surface area contributed by atoms with Gasteiger partial charge in [0.15, 0.2) is 0 Å². The van der Waals surface area contributed by atoms with Crippen molar-refractivity contribution in [2.24, 2.45) is 0 Å². The van der Waals surface area contributed by atoms with Crippen LogP contribution in [0.15, 0.2) is 41.3 Å². The van der Waals surface area contributed by atoms with E-state index in [0.717, 1.165) is 0 Å². The molecule has 0 spiro atoms. The van der Waals surface area contributed by atoms with E-state index >= 15 is 0 Å². The lowest BCUT2D eigenvalue weighted by Gasteiger charge is -2.08. The van der Waals surface area contributed by atoms with Crippen molar-refractivity contribution >= 4 is 20.8 Å². The van der Waals surface area contributed by atoms with Crippen LogP contribution in [0, 0.1) is 0 Å². The van der Waals surface area contributed by atoms with Gasteiger partial charge in [0.25, 0.3) is 0 Å². The van der Waals surface area contributed by atoms with Crippen molar-refractivity contribution in [3.63, 3.8) is 0 Å². The van der Waals surface area contributed by atoms with Crippen LogP contribution in [0.5, 0.6) is 5.75 Å². The van der Waals surface area contributed by atoms with E-state index in [1.807, 2.05) is 0 Å². The molecule has 18 heavy (non-hydrogen) atoms. The molecular weight excluding hydrogens is 254 g/mol. The number of nitrogens with one attached hydrogen (secondary N) is 1. The molecule has 0 aliphatic heterocycles. The van der Waals surface area contributed by atoms with Crippen LogP contribution in [0.2, 0.25) is 0 Å². The second-order valence-electron chi connectivity index (χ2n) is 3.78. The lowest BCUT2D eigenvalue weighted by atomic mass is 10.1. The van der Waals surface area contributed by atoms with Crippen LogP contribution < -0.4 is 4.72 Å². The van der Waals surface area contributed by atoms with Gasteiger partial charge in [-0.1, -0.05) is 24.3 Å². The number of aromatic hydroxyl groups is 1. The van der Waals surface area contributed by atoms with Gasteiger partial charge < -0.3 is 10.2 Å². The predicted molar refractivity (Wildman–Crippen MR) is 67.9 cm³/mol. The quantitative estimate of drug-likeness (QED) is 0.765. The molecule has 96 valence electrons. The Morgan fingerprint density at radius 3 is 2.61 bits per heavy atom. The largest absolute Gasteiger partial charge is 0.507 e. The number of phenols is 1. The van der Waals surface area contributed by atoms with Crippen LogP contribution in [0.25, 0.3) is 10.8 Å². The highest BCUT2D eigenvalue weighted by atomic mass is 32.2. The molecule has 0 saturated heterocycles. The second-order valence-corrected chi connectivity index (χ2v) is 5.55. The fourth-order valence-corrected chi connectivity index (χ4v) is 2.76. The molecule has 0 aliphatic rings. The molecule has 0 atom stereocenters. The summed E-state index contributed by atoms with van der Waals surface area (Å²) in [5.74, 6) is -0.0857. The van der Waals surface area contributed by atoms with Crippen LogP contribution >= 0.6 is 0 Å². The minimum absolute atomic E-state index is 0.0212. The lowest BCUT2D eigenvalue weighted by Crippen LogP contribution is -2.26. The molecule has 0 heterocycles. The van der Waals surface area contributed by atoms with E-state index in [-0.39, 0.29) is 23.8 Å². The summed E-state index contributed by atoms with van der Waals surface area (Å²) in [5, 5.41) is 19.7. The van der Waals surface area contributed by atoms with Crippen molar-refractivity contribution in [3.05, 3.63) is 36.4 Å². The van der Waals surface area contributed by atoms with E-state index in [9.17, 15) is 13.5 Å². The molecule has 0 amide bonds. The highest BCUT2D eigenvalue weighted by Crippen LogP contribution is 2.28. The Kier molecular flexibility index (Phi) is 3.51. The average Bonchev–Trinajstić information content (AvgIpc) is 2.36. The molecule has 5 nitrogen and oxygen atoms in total. The minimum atomic E-state index is -3.71. The maximum absolute atomic E-state index is 11.9. The molecule has 6 heteroatoms. The molecule has 2 aromatic rings. The van der Waals surface area contributed by atoms with Gasteiger partial charge in [-0.25, -0.2) is 13.1 Å². The predicted octanol–water partition coefficient (Wildman–Crippen LogP) is 0.816. The van der Waals surface area contributed by atoms with Gasteiger partial charge in [-0.15, -0.1) is 0 Å². The van der Waals surface area contributed by atoms with E-state index in [1.165, 1.54) is 12.1 Å². The summed E-state index contributed by atoms with van der Waals surface area (Å²) in [4.78, 5) is -0.0212. The Balaban J connectivity index is 2.53. The SMILES string of the molecule is O=S(=O)(NCCO)c1cc(O)c2ccccc2c1. The maximum atomic E-state index is 11.9. The number of hydrogen-bond acceptors (Lipinski definition) is 4. The number of aliphatic hydroxyl groups excluding tert-OH is 1. The minimum Gasteiger partial charge on any atom is -0.507 e. The first-order valence-corrected chi connectivity index (χ1v) is 6.85. The van der Waals surface area contributed by atoms with E-state index in [1.54, 1.807) is 24.3 Å². The number of fused-ring (bicyclic) bond motifs is 1. The summed E-state index contributed by atoms with van der Waals surface area (Å²) in [6.45, 7) is -0.339. The first kappa shape index (κ1) is 12.8. The van der Waals surface area contributed by atoms with Crippen LogP contribution in [0.1, 0.15) is 0 Å². The van der Waals surface area contributed by atoms with Gasteiger partial charge in [0.05, 0.1) is 11.5 Å². The zero-order chi connectivity index (χ0) is 13.2. The fraction of sp³-hybridized carbons (Fsp3) is 0.167. The zero-order valence-corrected chi connectivity index (χ0v) is 10.3. The fourth-order valence-electron chi connectivity index (χ4n) is 1.68. The Morgan fingerprint density at radius 2 is 1.89 bits per heavy atom. The third kappa shape index (κ3) is 2.45. The highest BCUT2D eigenvalue weighted by Gasteiger charge is 2.15. The molecule has 0 unspecified atom stereocenters. The standard InChI is InChI=1S/C12H13NO4S/c14-6-5-13-18(16,17)10-7-9-3-1-2-4-11(9)12(15)8-10/h1-4,7-8,13-15H,5-6H2. The molecular formula is C12H13NO4S. The van der Waals surface area contributed by atoms with E-state index in [0.29, 0.717) is 10.8 Å². The van der Waals surface area contributed by atoms with Gasteiger partial charge in [0.1, 0.15) is 5.75 Å². The van der Waals surface area contributed by atoms with Crippen molar-refractivity contribution in [3.8, 4) is 5.75 Å². The zero-order valence-electron chi connectivity index (χ0n) is 9.50. The summed E-state index contributed by atoms with van der Waals surface area (Å²) in [6, 6.07) is 9.64. The average molecular weight is 267 g/mol. The number of hydrogen-bond donors (Lipinski definition) is 3. The summed E-state index contributed by atoms with van der Waals surface area (Å²) in [5.41, 5.74) is 0. The summed E-state index contributed by atoms with van der Waals surface area (Å²) in [6.07, 6.45) is 0. The molecule has 2 aromatic carbocycles. The van der Waals surface area contributed by atoms with E-state index < -0.39 is 10.0 Å². The Labute approximate surface area is 105 Å². The summed E-state index contributed by atoms with van der Waals surface area (Å²) < 4.78 is 25.9. The number of aliphatic hydroxyl groups is 1. The van der Waals surface area contributed by atoms with Crippen molar-refractivity contribution in [1.29, 1.82) is 0 Å².